The number of carboxylic acids is 1. The second kappa shape index (κ2) is 14.7. The zero-order chi connectivity index (χ0) is 30.6. The van der Waals surface area contributed by atoms with E-state index in [4.69, 9.17) is 30.9 Å². The molecule has 1 fully saturated rings. The molecule has 1 heterocycles. The first-order chi connectivity index (χ1) is 20.7. The molecule has 3 N–H and O–H groups in total. The predicted octanol–water partition coefficient (Wildman–Crippen LogP) is 5.78. The number of hydrogen-bond acceptors (Lipinski definition) is 7. The molecule has 2 amide bonds. The van der Waals surface area contributed by atoms with Crippen LogP contribution in [0.2, 0.25) is 5.02 Å². The van der Waals surface area contributed by atoms with Crippen molar-refractivity contribution in [1.82, 2.24) is 4.98 Å². The average molecular weight is 648 g/mol. The van der Waals surface area contributed by atoms with Crippen LogP contribution in [0.15, 0.2) is 66.9 Å². The Morgan fingerprint density at radius 2 is 1.61 bits per heavy atom. The van der Waals surface area contributed by atoms with Crippen LogP contribution in [-0.4, -0.2) is 93.0 Å². The van der Waals surface area contributed by atoms with E-state index < -0.39 is 29.0 Å². The summed E-state index contributed by atoms with van der Waals surface area (Å²) in [7, 11) is 1.49. The maximum absolute atomic E-state index is 13.2. The Bertz CT molecular complexity index is 1700. The third-order valence-electron chi connectivity index (χ3n) is 6.91. The van der Waals surface area contributed by atoms with Crippen LogP contribution >= 0.6 is 11.6 Å². The van der Waals surface area contributed by atoms with Crippen LogP contribution in [-0.2, 0) is 14.4 Å². The number of ether oxygens (including phenoxy) is 3. The number of carbonyl (C=O) groups excluding carboxylic acids is 2. The SMILES string of the molecule is COc1cc2c(Oc3ccc(NC(=O)C4(C(=O)Nc5ccc(F)cc5)CC4)cc3Cl)ccnc2cc1OCCCC(=O)O.[KH]. The number of carboxylic acid groups (broad SMARTS) is 1. The summed E-state index contributed by atoms with van der Waals surface area (Å²) in [6.45, 7) is 0.197. The molecule has 0 radical (unpaired) electrons. The van der Waals surface area contributed by atoms with Gasteiger partial charge in [-0.15, -0.1) is 0 Å². The third kappa shape index (κ3) is 7.87. The molecule has 1 saturated carbocycles. The summed E-state index contributed by atoms with van der Waals surface area (Å²) in [6, 6.07) is 15.1. The minimum absolute atomic E-state index is 0. The molecule has 0 bridgehead atoms. The van der Waals surface area contributed by atoms with Crippen molar-refractivity contribution < 1.29 is 38.1 Å². The topological polar surface area (TPSA) is 136 Å². The molecular weight excluding hydrogens is 620 g/mol. The first-order valence-corrected chi connectivity index (χ1v) is 13.7. The minimum atomic E-state index is -1.22. The number of carbonyl (C=O) groups is 3. The monoisotopic (exact) mass is 647 g/mol. The second-order valence-corrected chi connectivity index (χ2v) is 10.3. The summed E-state index contributed by atoms with van der Waals surface area (Å²) in [4.78, 5) is 41.0. The number of hydrogen-bond donors (Lipinski definition) is 3. The molecule has 4 aromatic rings. The summed E-state index contributed by atoms with van der Waals surface area (Å²) in [5.74, 6) is -0.663. The van der Waals surface area contributed by atoms with E-state index in [1.54, 1.807) is 36.5 Å². The fraction of sp³-hybridized carbons (Fsp3) is 0.226. The zero-order valence-corrected chi connectivity index (χ0v) is 23.7. The third-order valence-corrected chi connectivity index (χ3v) is 7.21. The molecule has 224 valence electrons. The number of fused-ring (bicyclic) bond motifs is 1. The second-order valence-electron chi connectivity index (χ2n) is 9.92. The number of aromatic nitrogens is 1. The van der Waals surface area contributed by atoms with Gasteiger partial charge in [-0.2, -0.15) is 0 Å². The molecule has 5 rings (SSSR count). The maximum atomic E-state index is 13.2. The van der Waals surface area contributed by atoms with Gasteiger partial charge in [-0.3, -0.25) is 19.4 Å². The average Bonchev–Trinajstić information content (AvgIpc) is 3.80. The summed E-state index contributed by atoms with van der Waals surface area (Å²) >= 11 is 6.52. The molecular formula is C31H28ClFKN3O7. The van der Waals surface area contributed by atoms with Crippen molar-refractivity contribution in [2.75, 3.05) is 24.4 Å². The van der Waals surface area contributed by atoms with E-state index >= 15 is 0 Å². The van der Waals surface area contributed by atoms with E-state index in [0.29, 0.717) is 64.5 Å². The van der Waals surface area contributed by atoms with E-state index in [0.717, 1.165) is 0 Å². The van der Waals surface area contributed by atoms with E-state index in [-0.39, 0.29) is 69.4 Å². The van der Waals surface area contributed by atoms with Gasteiger partial charge in [0.1, 0.15) is 22.7 Å². The van der Waals surface area contributed by atoms with E-state index in [1.807, 2.05) is 0 Å². The molecule has 1 aliphatic carbocycles. The van der Waals surface area contributed by atoms with E-state index in [9.17, 15) is 18.8 Å². The molecule has 44 heavy (non-hydrogen) atoms. The Balaban J connectivity index is 0.00000442. The van der Waals surface area contributed by atoms with Gasteiger partial charge < -0.3 is 30.0 Å². The van der Waals surface area contributed by atoms with Gasteiger partial charge in [0.2, 0.25) is 11.8 Å². The van der Waals surface area contributed by atoms with Gasteiger partial charge in [-0.1, -0.05) is 11.6 Å². The number of benzene rings is 3. The number of rotatable bonds is 12. The van der Waals surface area contributed by atoms with Gasteiger partial charge >= 0.3 is 57.4 Å². The Kier molecular flexibility index (Phi) is 11.2. The molecule has 13 heteroatoms. The number of nitrogens with one attached hydrogen (secondary N) is 2. The fourth-order valence-corrected chi connectivity index (χ4v) is 4.61. The Hall–Kier alpha value is -3.26. The van der Waals surface area contributed by atoms with Crippen molar-refractivity contribution in [2.45, 2.75) is 25.7 Å². The Morgan fingerprint density at radius 3 is 2.25 bits per heavy atom. The first kappa shape index (κ1) is 33.6. The number of pyridine rings is 1. The molecule has 1 aliphatic rings. The number of aliphatic carboxylic acids is 1. The molecule has 0 unspecified atom stereocenters. The van der Waals surface area contributed by atoms with Crippen molar-refractivity contribution in [1.29, 1.82) is 0 Å². The molecule has 10 nitrogen and oxygen atoms in total. The van der Waals surface area contributed by atoms with E-state index in [2.05, 4.69) is 15.6 Å². The van der Waals surface area contributed by atoms with Crippen LogP contribution in [0.1, 0.15) is 25.7 Å². The van der Waals surface area contributed by atoms with Crippen molar-refractivity contribution >= 4 is 103 Å². The first-order valence-electron chi connectivity index (χ1n) is 13.4. The molecule has 0 spiro atoms. The predicted molar refractivity (Wildman–Crippen MR) is 165 cm³/mol. The number of amides is 2. The van der Waals surface area contributed by atoms with Crippen LogP contribution in [0.4, 0.5) is 15.8 Å². The molecule has 3 aromatic carbocycles. The van der Waals surface area contributed by atoms with Crippen LogP contribution in [0.3, 0.4) is 0 Å². The number of methoxy groups -OCH3 is 1. The van der Waals surface area contributed by atoms with Crippen LogP contribution < -0.4 is 24.8 Å². The molecule has 1 aromatic heterocycles. The van der Waals surface area contributed by atoms with Gasteiger partial charge in [0.05, 0.1) is 24.3 Å². The Labute approximate surface area is 299 Å². The van der Waals surface area contributed by atoms with Crippen molar-refractivity contribution in [3.8, 4) is 23.0 Å². The van der Waals surface area contributed by atoms with Gasteiger partial charge in [0.15, 0.2) is 11.5 Å². The summed E-state index contributed by atoms with van der Waals surface area (Å²) in [5.41, 5.74) is 0.120. The number of nitrogens with zero attached hydrogens (tertiary/aromatic N) is 1. The fourth-order valence-electron chi connectivity index (χ4n) is 4.39. The van der Waals surface area contributed by atoms with Crippen molar-refractivity contribution in [3.05, 3.63) is 77.7 Å². The zero-order valence-electron chi connectivity index (χ0n) is 23.0. The van der Waals surface area contributed by atoms with Gasteiger partial charge in [-0.05, 0) is 73.9 Å². The van der Waals surface area contributed by atoms with Gasteiger partial charge in [0.25, 0.3) is 0 Å². The molecule has 0 saturated heterocycles. The van der Waals surface area contributed by atoms with Crippen molar-refractivity contribution in [2.24, 2.45) is 5.41 Å². The number of halogens is 2. The van der Waals surface area contributed by atoms with E-state index in [1.165, 1.54) is 37.4 Å². The summed E-state index contributed by atoms with van der Waals surface area (Å²) < 4.78 is 30.5. The molecule has 0 atom stereocenters. The van der Waals surface area contributed by atoms with Crippen LogP contribution in [0, 0.1) is 11.2 Å². The van der Waals surface area contributed by atoms with Crippen molar-refractivity contribution in [3.63, 3.8) is 0 Å². The quantitative estimate of drug-likeness (QED) is 0.100. The van der Waals surface area contributed by atoms with Crippen LogP contribution in [0.25, 0.3) is 10.9 Å². The standard InChI is InChI=1S/C31H27ClFN3O7.K.H/c1-41-26-16-21-23(17-27(26)42-14-2-3-28(37)38)34-13-10-24(21)43-25-9-8-20(15-22(25)32)36-30(40)31(11-12-31)29(39)35-19-6-4-18(33)5-7-19;;/h4-10,13,15-17H,2-3,11-12,14H2,1H3,(H,35,39)(H,36,40)(H,37,38);;. The normalized spacial score (nSPS) is 12.9. The Morgan fingerprint density at radius 1 is 0.932 bits per heavy atom. The number of anilines is 2. The van der Waals surface area contributed by atoms with Crippen LogP contribution in [0.5, 0.6) is 23.0 Å². The molecule has 0 aliphatic heterocycles. The summed E-state index contributed by atoms with van der Waals surface area (Å²) in [5, 5.41) is 15.1. The van der Waals surface area contributed by atoms with Gasteiger partial charge in [-0.25, -0.2) is 4.39 Å². The summed E-state index contributed by atoms with van der Waals surface area (Å²) in [6.07, 6.45) is 2.66. The van der Waals surface area contributed by atoms with Gasteiger partial charge in [0, 0.05) is 35.4 Å².